The van der Waals surface area contributed by atoms with Crippen molar-refractivity contribution < 1.29 is 10.2 Å². The maximum atomic E-state index is 10.1. The third-order valence-corrected chi connectivity index (χ3v) is 5.51. The van der Waals surface area contributed by atoms with Crippen LogP contribution in [0.3, 0.4) is 0 Å². The number of piperidine rings is 1. The van der Waals surface area contributed by atoms with Gasteiger partial charge < -0.3 is 15.1 Å². The number of hydrogen-bond acceptors (Lipinski definition) is 4. The molecule has 1 unspecified atom stereocenters. The maximum Gasteiger partial charge on any atom is 0.102 e. The third kappa shape index (κ3) is 2.97. The van der Waals surface area contributed by atoms with E-state index in [-0.39, 0.29) is 6.61 Å². The van der Waals surface area contributed by atoms with Crippen molar-refractivity contribution in [2.24, 2.45) is 0 Å². The summed E-state index contributed by atoms with van der Waals surface area (Å²) >= 11 is 0. The first-order valence-corrected chi connectivity index (χ1v) is 8.01. The Hall–Kier alpha value is -0.160. The van der Waals surface area contributed by atoms with Gasteiger partial charge in [-0.25, -0.2) is 0 Å². The average molecular weight is 268 g/mol. The summed E-state index contributed by atoms with van der Waals surface area (Å²) < 4.78 is 0. The van der Waals surface area contributed by atoms with Crippen molar-refractivity contribution in [3.8, 4) is 0 Å². The molecular weight excluding hydrogens is 240 g/mol. The Bertz CT molecular complexity index is 299. The minimum absolute atomic E-state index is 0.0928. The predicted molar refractivity (Wildman–Crippen MR) is 75.1 cm³/mol. The molecule has 3 rings (SSSR count). The van der Waals surface area contributed by atoms with Crippen molar-refractivity contribution >= 4 is 0 Å². The van der Waals surface area contributed by atoms with Crippen LogP contribution >= 0.6 is 0 Å². The van der Waals surface area contributed by atoms with Gasteiger partial charge in [0, 0.05) is 25.2 Å². The molecule has 1 atom stereocenters. The summed E-state index contributed by atoms with van der Waals surface area (Å²) in [4.78, 5) is 5.10. The summed E-state index contributed by atoms with van der Waals surface area (Å²) in [5, 5.41) is 19.4. The molecule has 4 heteroatoms. The lowest BCUT2D eigenvalue weighted by Crippen LogP contribution is -2.48. The van der Waals surface area contributed by atoms with Gasteiger partial charge in [0.1, 0.15) is 5.60 Å². The van der Waals surface area contributed by atoms with Crippen LogP contribution in [0.25, 0.3) is 0 Å². The van der Waals surface area contributed by atoms with Gasteiger partial charge in [0.25, 0.3) is 0 Å². The standard InChI is InChI=1S/C15H28N2O2/c18-12-15(19)7-10-17(11-15)14-5-8-16(9-6-14)13-3-1-2-4-13/h13-14,18-19H,1-12H2. The second-order valence-electron chi connectivity index (χ2n) is 6.81. The van der Waals surface area contributed by atoms with E-state index >= 15 is 0 Å². The summed E-state index contributed by atoms with van der Waals surface area (Å²) in [6, 6.07) is 1.48. The lowest BCUT2D eigenvalue weighted by atomic mass is 10.0. The Morgan fingerprint density at radius 3 is 2.11 bits per heavy atom. The lowest BCUT2D eigenvalue weighted by Gasteiger charge is -2.39. The fourth-order valence-corrected chi connectivity index (χ4v) is 4.21. The molecule has 2 N–H and O–H groups in total. The zero-order valence-electron chi connectivity index (χ0n) is 11.9. The molecule has 4 nitrogen and oxygen atoms in total. The minimum atomic E-state index is -0.831. The predicted octanol–water partition coefficient (Wildman–Crippen LogP) is 0.822. The fourth-order valence-electron chi connectivity index (χ4n) is 4.21. The Kier molecular flexibility index (Phi) is 4.13. The van der Waals surface area contributed by atoms with E-state index in [1.165, 1.54) is 51.6 Å². The van der Waals surface area contributed by atoms with Gasteiger partial charge in [0.2, 0.25) is 0 Å². The smallest absolute Gasteiger partial charge is 0.102 e. The second-order valence-corrected chi connectivity index (χ2v) is 6.81. The van der Waals surface area contributed by atoms with Gasteiger partial charge >= 0.3 is 0 Å². The highest BCUT2D eigenvalue weighted by molar-refractivity contribution is 4.94. The van der Waals surface area contributed by atoms with Crippen LogP contribution in [0.1, 0.15) is 44.9 Å². The zero-order chi connectivity index (χ0) is 13.3. The maximum absolute atomic E-state index is 10.1. The van der Waals surface area contributed by atoms with E-state index in [9.17, 15) is 10.2 Å². The molecule has 0 aromatic rings. The SMILES string of the molecule is OCC1(O)CCN(C2CCN(C3CCCC3)CC2)C1. The summed E-state index contributed by atoms with van der Waals surface area (Å²) in [5.74, 6) is 0. The van der Waals surface area contributed by atoms with Gasteiger partial charge in [-0.1, -0.05) is 12.8 Å². The summed E-state index contributed by atoms with van der Waals surface area (Å²) in [6.45, 7) is 3.97. The monoisotopic (exact) mass is 268 g/mol. The highest BCUT2D eigenvalue weighted by atomic mass is 16.3. The van der Waals surface area contributed by atoms with Crippen LogP contribution < -0.4 is 0 Å². The molecule has 3 fully saturated rings. The average Bonchev–Trinajstić information content (AvgIpc) is 3.09. The van der Waals surface area contributed by atoms with Gasteiger partial charge in [0.05, 0.1) is 6.61 Å². The fraction of sp³-hybridized carbons (Fsp3) is 1.00. The van der Waals surface area contributed by atoms with Crippen LogP contribution in [0.5, 0.6) is 0 Å². The van der Waals surface area contributed by atoms with Crippen LogP contribution in [0.4, 0.5) is 0 Å². The lowest BCUT2D eigenvalue weighted by molar-refractivity contribution is -0.0121. The van der Waals surface area contributed by atoms with Gasteiger partial charge in [-0.05, 0) is 45.2 Å². The number of nitrogens with zero attached hydrogens (tertiary/aromatic N) is 2. The number of rotatable bonds is 3. The molecule has 2 heterocycles. The topological polar surface area (TPSA) is 46.9 Å². The van der Waals surface area contributed by atoms with E-state index in [0.717, 1.165) is 19.0 Å². The first-order valence-electron chi connectivity index (χ1n) is 8.01. The third-order valence-electron chi connectivity index (χ3n) is 5.51. The molecule has 110 valence electrons. The summed E-state index contributed by atoms with van der Waals surface area (Å²) in [7, 11) is 0. The molecule has 2 saturated heterocycles. The van der Waals surface area contributed by atoms with E-state index in [1.54, 1.807) is 0 Å². The van der Waals surface area contributed by atoms with Crippen molar-refractivity contribution in [3.63, 3.8) is 0 Å². The molecule has 0 amide bonds. The molecule has 3 aliphatic rings. The van der Waals surface area contributed by atoms with E-state index in [1.807, 2.05) is 0 Å². The Labute approximate surface area is 116 Å². The molecule has 0 aromatic carbocycles. The molecule has 19 heavy (non-hydrogen) atoms. The van der Waals surface area contributed by atoms with Gasteiger partial charge in [-0.15, -0.1) is 0 Å². The van der Waals surface area contributed by atoms with Crippen molar-refractivity contribution in [1.82, 2.24) is 9.80 Å². The molecule has 0 aromatic heterocycles. The zero-order valence-corrected chi connectivity index (χ0v) is 11.9. The van der Waals surface area contributed by atoms with E-state index in [0.29, 0.717) is 12.6 Å². The summed E-state index contributed by atoms with van der Waals surface area (Å²) in [5.41, 5.74) is -0.831. The van der Waals surface area contributed by atoms with Crippen molar-refractivity contribution in [3.05, 3.63) is 0 Å². The number of aliphatic hydroxyl groups is 2. The van der Waals surface area contributed by atoms with Crippen molar-refractivity contribution in [2.45, 2.75) is 62.6 Å². The number of β-amino-alcohol motifs (C(OH)–C–C–N with tert-alkyl or cyclic N) is 1. The molecule has 0 spiro atoms. The van der Waals surface area contributed by atoms with E-state index < -0.39 is 5.60 Å². The quantitative estimate of drug-likeness (QED) is 0.796. The Morgan fingerprint density at radius 2 is 1.53 bits per heavy atom. The van der Waals surface area contributed by atoms with E-state index in [4.69, 9.17) is 0 Å². The van der Waals surface area contributed by atoms with Crippen molar-refractivity contribution in [1.29, 1.82) is 0 Å². The van der Waals surface area contributed by atoms with Gasteiger partial charge in [0.15, 0.2) is 0 Å². The molecule has 2 aliphatic heterocycles. The van der Waals surface area contributed by atoms with Gasteiger partial charge in [-0.3, -0.25) is 4.90 Å². The van der Waals surface area contributed by atoms with Gasteiger partial charge in [-0.2, -0.15) is 0 Å². The first kappa shape index (κ1) is 13.8. The summed E-state index contributed by atoms with van der Waals surface area (Å²) in [6.07, 6.45) is 8.83. The van der Waals surface area contributed by atoms with Crippen LogP contribution in [0, 0.1) is 0 Å². The van der Waals surface area contributed by atoms with Crippen LogP contribution in [0.2, 0.25) is 0 Å². The molecule has 0 radical (unpaired) electrons. The number of aliphatic hydroxyl groups excluding tert-OH is 1. The second kappa shape index (κ2) is 5.68. The Balaban J connectivity index is 1.48. The minimum Gasteiger partial charge on any atom is -0.393 e. The first-order chi connectivity index (χ1) is 9.20. The normalized spacial score (nSPS) is 36.3. The molecule has 1 aliphatic carbocycles. The van der Waals surface area contributed by atoms with Crippen LogP contribution in [-0.2, 0) is 0 Å². The van der Waals surface area contributed by atoms with E-state index in [2.05, 4.69) is 9.80 Å². The highest BCUT2D eigenvalue weighted by Gasteiger charge is 2.39. The van der Waals surface area contributed by atoms with Crippen LogP contribution in [-0.4, -0.2) is 70.5 Å². The Morgan fingerprint density at radius 1 is 0.895 bits per heavy atom. The van der Waals surface area contributed by atoms with Crippen LogP contribution in [0.15, 0.2) is 0 Å². The number of hydrogen-bond donors (Lipinski definition) is 2. The molecular formula is C15H28N2O2. The largest absolute Gasteiger partial charge is 0.393 e. The number of likely N-dealkylation sites (tertiary alicyclic amines) is 2. The molecule has 0 bridgehead atoms. The molecule has 1 saturated carbocycles. The van der Waals surface area contributed by atoms with Crippen molar-refractivity contribution in [2.75, 3.05) is 32.8 Å². The highest BCUT2D eigenvalue weighted by Crippen LogP contribution is 2.30.